The molecule has 0 atom stereocenters. The van der Waals surface area contributed by atoms with Gasteiger partial charge >= 0.3 is 0 Å². The van der Waals surface area contributed by atoms with Crippen molar-refractivity contribution in [3.8, 4) is 11.8 Å². The Bertz CT molecular complexity index is 659. The highest BCUT2D eigenvalue weighted by Crippen LogP contribution is 2.21. The lowest BCUT2D eigenvalue weighted by Crippen LogP contribution is -2.26. The molecule has 0 spiro atoms. The minimum Gasteiger partial charge on any atom is -0.508 e. The summed E-state index contributed by atoms with van der Waals surface area (Å²) >= 11 is 0. The Balaban J connectivity index is 2.37. The van der Waals surface area contributed by atoms with E-state index in [1.807, 2.05) is 0 Å². The molecule has 0 saturated carbocycles. The molecule has 0 aliphatic heterocycles. The van der Waals surface area contributed by atoms with Crippen LogP contribution in [0.2, 0.25) is 0 Å². The highest BCUT2D eigenvalue weighted by Gasteiger charge is 2.16. The normalized spacial score (nSPS) is 9.68. The highest BCUT2D eigenvalue weighted by atomic mass is 16.3. The fourth-order valence-electron chi connectivity index (χ4n) is 1.80. The number of carbonyl (C=O) groups is 1. The number of carbonyl (C=O) groups excluding carboxylic acids is 1. The third-order valence-electron chi connectivity index (χ3n) is 2.78. The molecular weight excluding hydrogens is 240 g/mol. The fraction of sp³-hybridized carbons (Fsp3) is 0.0667. The highest BCUT2D eigenvalue weighted by molar-refractivity contribution is 6.06. The van der Waals surface area contributed by atoms with Crippen LogP contribution in [0.4, 0.5) is 5.69 Å². The summed E-state index contributed by atoms with van der Waals surface area (Å²) in [4.78, 5) is 13.7. The van der Waals surface area contributed by atoms with Gasteiger partial charge in [0.1, 0.15) is 11.8 Å². The number of phenols is 1. The van der Waals surface area contributed by atoms with E-state index >= 15 is 0 Å². The lowest BCUT2D eigenvalue weighted by Gasteiger charge is -2.18. The van der Waals surface area contributed by atoms with Gasteiger partial charge in [-0.25, -0.2) is 0 Å². The van der Waals surface area contributed by atoms with E-state index in [0.717, 1.165) is 0 Å². The Labute approximate surface area is 111 Å². The second kappa shape index (κ2) is 5.23. The summed E-state index contributed by atoms with van der Waals surface area (Å²) in [5.41, 5.74) is 1.34. The van der Waals surface area contributed by atoms with E-state index < -0.39 is 0 Å². The van der Waals surface area contributed by atoms with Gasteiger partial charge in [0.05, 0.1) is 11.3 Å². The van der Waals surface area contributed by atoms with Crippen molar-refractivity contribution in [1.82, 2.24) is 0 Å². The quantitative estimate of drug-likeness (QED) is 0.893. The largest absolute Gasteiger partial charge is 0.508 e. The zero-order chi connectivity index (χ0) is 13.8. The predicted molar refractivity (Wildman–Crippen MR) is 72.0 cm³/mol. The molecule has 0 saturated heterocycles. The molecule has 0 aliphatic carbocycles. The standard InChI is InChI=1S/C15H12N2O2/c1-17(14-8-3-2-5-12(14)10-16)15(19)11-6-4-7-13(18)9-11/h2-9,18H,1H3. The Morgan fingerprint density at radius 2 is 1.95 bits per heavy atom. The summed E-state index contributed by atoms with van der Waals surface area (Å²) < 4.78 is 0. The van der Waals surface area contributed by atoms with Crippen LogP contribution in [0, 0.1) is 11.3 Å². The van der Waals surface area contributed by atoms with Crippen molar-refractivity contribution in [1.29, 1.82) is 5.26 Å². The number of nitrogens with zero attached hydrogens (tertiary/aromatic N) is 2. The molecule has 0 bridgehead atoms. The molecule has 94 valence electrons. The number of anilines is 1. The molecule has 0 aliphatic rings. The molecule has 4 heteroatoms. The van der Waals surface area contributed by atoms with Crippen LogP contribution in [0.5, 0.6) is 5.75 Å². The van der Waals surface area contributed by atoms with Gasteiger partial charge in [0.2, 0.25) is 0 Å². The van der Waals surface area contributed by atoms with Gasteiger partial charge in [-0.1, -0.05) is 18.2 Å². The first-order chi connectivity index (χ1) is 9.13. The first-order valence-corrected chi connectivity index (χ1v) is 5.69. The Kier molecular flexibility index (Phi) is 3.48. The van der Waals surface area contributed by atoms with E-state index in [-0.39, 0.29) is 11.7 Å². The average molecular weight is 252 g/mol. The van der Waals surface area contributed by atoms with Gasteiger partial charge in [0, 0.05) is 12.6 Å². The molecule has 0 radical (unpaired) electrons. The maximum Gasteiger partial charge on any atom is 0.258 e. The summed E-state index contributed by atoms with van der Waals surface area (Å²) in [7, 11) is 1.60. The number of phenolic OH excluding ortho intramolecular Hbond substituents is 1. The fourth-order valence-corrected chi connectivity index (χ4v) is 1.80. The number of aromatic hydroxyl groups is 1. The maximum atomic E-state index is 12.3. The predicted octanol–water partition coefficient (Wildman–Crippen LogP) is 2.54. The summed E-state index contributed by atoms with van der Waals surface area (Å²) in [6, 6.07) is 15.0. The topological polar surface area (TPSA) is 64.3 Å². The van der Waals surface area contributed by atoms with Crippen molar-refractivity contribution in [2.45, 2.75) is 0 Å². The monoisotopic (exact) mass is 252 g/mol. The van der Waals surface area contributed by atoms with Crippen LogP contribution in [0.25, 0.3) is 0 Å². The van der Waals surface area contributed by atoms with Crippen molar-refractivity contribution in [3.63, 3.8) is 0 Å². The lowest BCUT2D eigenvalue weighted by molar-refractivity contribution is 0.0992. The van der Waals surface area contributed by atoms with E-state index in [2.05, 4.69) is 6.07 Å². The number of para-hydroxylation sites is 1. The van der Waals surface area contributed by atoms with E-state index in [9.17, 15) is 9.90 Å². The van der Waals surface area contributed by atoms with Crippen LogP contribution in [0.3, 0.4) is 0 Å². The average Bonchev–Trinajstić information content (AvgIpc) is 2.45. The Morgan fingerprint density at radius 3 is 2.63 bits per heavy atom. The number of amides is 1. The van der Waals surface area contributed by atoms with Gasteiger partial charge in [-0.15, -0.1) is 0 Å². The van der Waals surface area contributed by atoms with Gasteiger partial charge < -0.3 is 10.0 Å². The minimum absolute atomic E-state index is 0.0350. The molecule has 0 fully saturated rings. The van der Waals surface area contributed by atoms with E-state index in [4.69, 9.17) is 5.26 Å². The third kappa shape index (κ3) is 2.55. The first kappa shape index (κ1) is 12.7. The molecule has 19 heavy (non-hydrogen) atoms. The van der Waals surface area contributed by atoms with Gasteiger partial charge in [-0.3, -0.25) is 4.79 Å². The second-order valence-electron chi connectivity index (χ2n) is 4.04. The molecule has 2 rings (SSSR count). The van der Waals surface area contributed by atoms with Crippen LogP contribution in [-0.4, -0.2) is 18.1 Å². The SMILES string of the molecule is CN(C(=O)c1cccc(O)c1)c1ccccc1C#N. The number of nitriles is 1. The van der Waals surface area contributed by atoms with Crippen molar-refractivity contribution in [2.75, 3.05) is 11.9 Å². The van der Waals surface area contributed by atoms with E-state index in [1.165, 1.54) is 17.0 Å². The minimum atomic E-state index is -0.279. The van der Waals surface area contributed by atoms with Crippen molar-refractivity contribution in [2.24, 2.45) is 0 Å². The van der Waals surface area contributed by atoms with Crippen LogP contribution in [-0.2, 0) is 0 Å². The second-order valence-corrected chi connectivity index (χ2v) is 4.04. The van der Waals surface area contributed by atoms with Crippen LogP contribution < -0.4 is 4.90 Å². The molecule has 0 unspecified atom stereocenters. The van der Waals surface area contributed by atoms with Gasteiger partial charge in [-0.2, -0.15) is 5.26 Å². The van der Waals surface area contributed by atoms with Crippen molar-refractivity contribution >= 4 is 11.6 Å². The molecule has 2 aromatic carbocycles. The third-order valence-corrected chi connectivity index (χ3v) is 2.78. The number of hydrogen-bond donors (Lipinski definition) is 1. The molecule has 2 aromatic rings. The number of benzene rings is 2. The summed E-state index contributed by atoms with van der Waals surface area (Å²) in [6.45, 7) is 0. The van der Waals surface area contributed by atoms with Gasteiger partial charge in [-0.05, 0) is 30.3 Å². The molecule has 1 N–H and O–H groups in total. The number of hydrogen-bond acceptors (Lipinski definition) is 3. The molecule has 1 amide bonds. The summed E-state index contributed by atoms with van der Waals surface area (Å²) in [5.74, 6) is -0.244. The summed E-state index contributed by atoms with van der Waals surface area (Å²) in [5, 5.41) is 18.4. The maximum absolute atomic E-state index is 12.3. The van der Waals surface area contributed by atoms with Crippen LogP contribution in [0.15, 0.2) is 48.5 Å². The van der Waals surface area contributed by atoms with E-state index in [0.29, 0.717) is 16.8 Å². The van der Waals surface area contributed by atoms with Crippen LogP contribution >= 0.6 is 0 Å². The molecule has 0 heterocycles. The van der Waals surface area contributed by atoms with Gasteiger partial charge in [0.25, 0.3) is 5.91 Å². The Hall–Kier alpha value is -2.80. The first-order valence-electron chi connectivity index (χ1n) is 5.69. The summed E-state index contributed by atoms with van der Waals surface area (Å²) in [6.07, 6.45) is 0. The van der Waals surface area contributed by atoms with E-state index in [1.54, 1.807) is 43.4 Å². The zero-order valence-corrected chi connectivity index (χ0v) is 10.4. The molecule has 0 aromatic heterocycles. The lowest BCUT2D eigenvalue weighted by atomic mass is 10.1. The van der Waals surface area contributed by atoms with Crippen molar-refractivity contribution in [3.05, 3.63) is 59.7 Å². The smallest absolute Gasteiger partial charge is 0.258 e. The van der Waals surface area contributed by atoms with Gasteiger partial charge in [0.15, 0.2) is 0 Å². The molecular formula is C15H12N2O2. The Morgan fingerprint density at radius 1 is 1.21 bits per heavy atom. The van der Waals surface area contributed by atoms with Crippen LogP contribution in [0.1, 0.15) is 15.9 Å². The zero-order valence-electron chi connectivity index (χ0n) is 10.4. The number of rotatable bonds is 2. The van der Waals surface area contributed by atoms with Crippen molar-refractivity contribution < 1.29 is 9.90 Å². The molecule has 4 nitrogen and oxygen atoms in total.